The van der Waals surface area contributed by atoms with Crippen LogP contribution in [0.4, 0.5) is 5.69 Å². The van der Waals surface area contributed by atoms with Gasteiger partial charge in [-0.25, -0.2) is 10.2 Å². The molecule has 1 heterocycles. The fraction of sp³-hybridized carbons (Fsp3) is 0.143. The average molecular weight is 287 g/mol. The predicted octanol–water partition coefficient (Wildman–Crippen LogP) is 0.880. The van der Waals surface area contributed by atoms with E-state index in [-0.39, 0.29) is 5.91 Å². The summed E-state index contributed by atoms with van der Waals surface area (Å²) in [6.07, 6.45) is 2.68. The van der Waals surface area contributed by atoms with Gasteiger partial charge in [0, 0.05) is 30.7 Å². The molecular weight excluding hydrogens is 274 g/mol. The van der Waals surface area contributed by atoms with Crippen LogP contribution in [0, 0.1) is 0 Å². The molecule has 0 atom stereocenters. The largest absolute Gasteiger partial charge is 0.478 e. The molecule has 3 N–H and O–H groups in total. The van der Waals surface area contributed by atoms with E-state index in [9.17, 15) is 14.4 Å². The van der Waals surface area contributed by atoms with E-state index in [1.165, 1.54) is 0 Å². The molecule has 0 saturated carbocycles. The third-order valence-corrected chi connectivity index (χ3v) is 2.77. The van der Waals surface area contributed by atoms with E-state index in [1.54, 1.807) is 24.3 Å². The van der Waals surface area contributed by atoms with Gasteiger partial charge in [-0.05, 0) is 17.7 Å². The van der Waals surface area contributed by atoms with Crippen LogP contribution in [0.2, 0.25) is 0 Å². The van der Waals surface area contributed by atoms with Gasteiger partial charge in [-0.1, -0.05) is 12.1 Å². The smallest absolute Gasteiger partial charge is 0.328 e. The number of hydrogen-bond acceptors (Lipinski definition) is 4. The molecule has 2 amide bonds. The van der Waals surface area contributed by atoms with Crippen molar-refractivity contribution in [1.82, 2.24) is 5.43 Å². The minimum Gasteiger partial charge on any atom is -0.478 e. The Bertz CT molecular complexity index is 632. The van der Waals surface area contributed by atoms with Crippen LogP contribution in [-0.4, -0.2) is 28.6 Å². The lowest BCUT2D eigenvalue weighted by Crippen LogP contribution is -2.25. The number of carbonyl (C=O) groups excluding carboxylic acids is 2. The second-order valence-corrected chi connectivity index (χ2v) is 4.33. The Morgan fingerprint density at radius 2 is 1.90 bits per heavy atom. The first kappa shape index (κ1) is 14.4. The number of hydrazone groups is 1. The highest BCUT2D eigenvalue weighted by Crippen LogP contribution is 2.14. The number of amides is 2. The summed E-state index contributed by atoms with van der Waals surface area (Å²) in [4.78, 5) is 32.7. The summed E-state index contributed by atoms with van der Waals surface area (Å²) in [5.41, 5.74) is 4.59. The van der Waals surface area contributed by atoms with Crippen molar-refractivity contribution in [2.24, 2.45) is 5.10 Å². The van der Waals surface area contributed by atoms with E-state index in [2.05, 4.69) is 15.8 Å². The molecule has 0 aliphatic carbocycles. The van der Waals surface area contributed by atoms with Gasteiger partial charge in [0.15, 0.2) is 0 Å². The Labute approximate surface area is 120 Å². The number of anilines is 1. The lowest BCUT2D eigenvalue weighted by Gasteiger charge is -2.12. The van der Waals surface area contributed by atoms with Crippen LogP contribution in [0.25, 0.3) is 0 Å². The molecule has 108 valence electrons. The Balaban J connectivity index is 2.01. The Kier molecular flexibility index (Phi) is 4.45. The Hall–Kier alpha value is -2.96. The van der Waals surface area contributed by atoms with E-state index in [0.29, 0.717) is 18.5 Å². The van der Waals surface area contributed by atoms with Gasteiger partial charge in [0.05, 0.1) is 5.71 Å². The summed E-state index contributed by atoms with van der Waals surface area (Å²) >= 11 is 0. The quantitative estimate of drug-likeness (QED) is 0.714. The fourth-order valence-electron chi connectivity index (χ4n) is 1.76. The maximum Gasteiger partial charge on any atom is 0.328 e. The van der Waals surface area contributed by atoms with E-state index in [0.717, 1.165) is 23.4 Å². The van der Waals surface area contributed by atoms with Crippen molar-refractivity contribution in [3.63, 3.8) is 0 Å². The third-order valence-electron chi connectivity index (χ3n) is 2.77. The molecule has 1 aliphatic heterocycles. The number of carbonyl (C=O) groups is 3. The van der Waals surface area contributed by atoms with Crippen molar-refractivity contribution in [2.45, 2.75) is 12.8 Å². The molecule has 2 rings (SSSR count). The first-order valence-corrected chi connectivity index (χ1v) is 6.22. The maximum absolute atomic E-state index is 11.4. The van der Waals surface area contributed by atoms with Crippen molar-refractivity contribution in [3.05, 3.63) is 42.0 Å². The number of carboxylic acids is 1. The van der Waals surface area contributed by atoms with Crippen molar-refractivity contribution in [1.29, 1.82) is 0 Å². The summed E-state index contributed by atoms with van der Waals surface area (Å²) in [7, 11) is 0. The van der Waals surface area contributed by atoms with Crippen molar-refractivity contribution in [3.8, 4) is 0 Å². The molecule has 7 nitrogen and oxygen atoms in total. The van der Waals surface area contributed by atoms with Crippen LogP contribution in [0.5, 0.6) is 0 Å². The molecule has 21 heavy (non-hydrogen) atoms. The first-order chi connectivity index (χ1) is 10.0. The van der Waals surface area contributed by atoms with Crippen molar-refractivity contribution < 1.29 is 19.5 Å². The monoisotopic (exact) mass is 287 g/mol. The van der Waals surface area contributed by atoms with Gasteiger partial charge in [-0.2, -0.15) is 5.10 Å². The zero-order chi connectivity index (χ0) is 15.2. The van der Waals surface area contributed by atoms with Crippen molar-refractivity contribution in [2.75, 3.05) is 5.32 Å². The second kappa shape index (κ2) is 6.47. The van der Waals surface area contributed by atoms with E-state index in [1.807, 2.05) is 0 Å². The Morgan fingerprint density at radius 1 is 1.19 bits per heavy atom. The fourth-order valence-corrected chi connectivity index (χ4v) is 1.76. The molecule has 0 unspecified atom stereocenters. The highest BCUT2D eigenvalue weighted by Gasteiger charge is 2.13. The molecule has 0 fully saturated rings. The number of hydrogen-bond donors (Lipinski definition) is 3. The SMILES string of the molecule is O=C(O)/C=C/C(=O)Nc1ccc(C2=NNC(=O)CC2)cc1. The number of nitrogens with one attached hydrogen (secondary N) is 2. The maximum atomic E-state index is 11.4. The lowest BCUT2D eigenvalue weighted by atomic mass is 10.0. The van der Waals surface area contributed by atoms with Crippen LogP contribution in [0.3, 0.4) is 0 Å². The lowest BCUT2D eigenvalue weighted by molar-refractivity contribution is -0.131. The summed E-state index contributed by atoms with van der Waals surface area (Å²) in [6, 6.07) is 6.90. The molecule has 1 aromatic rings. The van der Waals surface area contributed by atoms with Gasteiger partial charge < -0.3 is 10.4 Å². The Morgan fingerprint density at radius 3 is 2.48 bits per heavy atom. The topological polar surface area (TPSA) is 108 Å². The van der Waals surface area contributed by atoms with Gasteiger partial charge in [0.2, 0.25) is 11.8 Å². The number of nitrogens with zero attached hydrogens (tertiary/aromatic N) is 1. The van der Waals surface area contributed by atoms with Crippen LogP contribution in [0.15, 0.2) is 41.5 Å². The summed E-state index contributed by atoms with van der Waals surface area (Å²) in [5.74, 6) is -1.81. The highest BCUT2D eigenvalue weighted by atomic mass is 16.4. The summed E-state index contributed by atoms with van der Waals surface area (Å²) in [5, 5.41) is 14.9. The molecule has 0 aromatic heterocycles. The van der Waals surface area contributed by atoms with Gasteiger partial charge in [-0.3, -0.25) is 9.59 Å². The second-order valence-electron chi connectivity index (χ2n) is 4.33. The molecule has 1 aromatic carbocycles. The zero-order valence-corrected chi connectivity index (χ0v) is 11.0. The van der Waals surface area contributed by atoms with Gasteiger partial charge in [0.25, 0.3) is 0 Å². The van der Waals surface area contributed by atoms with Crippen LogP contribution < -0.4 is 10.7 Å². The number of carboxylic acid groups (broad SMARTS) is 1. The molecule has 7 heteroatoms. The molecule has 0 saturated heterocycles. The molecule has 0 bridgehead atoms. The van der Waals surface area contributed by atoms with E-state index >= 15 is 0 Å². The first-order valence-electron chi connectivity index (χ1n) is 6.22. The van der Waals surface area contributed by atoms with Crippen LogP contribution in [0.1, 0.15) is 18.4 Å². The molecular formula is C14H13N3O4. The summed E-state index contributed by atoms with van der Waals surface area (Å²) in [6.45, 7) is 0. The molecule has 0 spiro atoms. The minimum absolute atomic E-state index is 0.104. The highest BCUT2D eigenvalue weighted by molar-refractivity contribution is 6.05. The van der Waals surface area contributed by atoms with Gasteiger partial charge >= 0.3 is 5.97 Å². The minimum atomic E-state index is -1.18. The molecule has 0 radical (unpaired) electrons. The van der Waals surface area contributed by atoms with E-state index in [4.69, 9.17) is 5.11 Å². The third kappa shape index (κ3) is 4.27. The average Bonchev–Trinajstić information content (AvgIpc) is 2.47. The number of benzene rings is 1. The molecule has 1 aliphatic rings. The normalized spacial score (nSPS) is 14.5. The van der Waals surface area contributed by atoms with E-state index < -0.39 is 11.9 Å². The zero-order valence-electron chi connectivity index (χ0n) is 11.0. The predicted molar refractivity (Wildman–Crippen MR) is 75.8 cm³/mol. The van der Waals surface area contributed by atoms with Crippen LogP contribution >= 0.6 is 0 Å². The van der Waals surface area contributed by atoms with Crippen LogP contribution in [-0.2, 0) is 14.4 Å². The number of rotatable bonds is 4. The summed E-state index contributed by atoms with van der Waals surface area (Å²) < 4.78 is 0. The number of aliphatic carboxylic acids is 1. The standard InChI is InChI=1S/C14H13N3O4/c18-12(7-8-14(20)21)15-10-3-1-9(2-4-10)11-5-6-13(19)17-16-11/h1-4,7-8H,5-6H2,(H,15,18)(H,17,19)(H,20,21)/b8-7+. The van der Waals surface area contributed by atoms with Gasteiger partial charge in [0.1, 0.15) is 0 Å². The van der Waals surface area contributed by atoms with Gasteiger partial charge in [-0.15, -0.1) is 0 Å². The van der Waals surface area contributed by atoms with Crippen molar-refractivity contribution >= 4 is 29.2 Å².